The van der Waals surface area contributed by atoms with Crippen LogP contribution in [0.3, 0.4) is 0 Å². The fourth-order valence-corrected chi connectivity index (χ4v) is 1.45. The molecule has 0 saturated carbocycles. The van der Waals surface area contributed by atoms with Gasteiger partial charge in [-0.05, 0) is 32.0 Å². The Morgan fingerprint density at radius 2 is 2.09 bits per heavy atom. The summed E-state index contributed by atoms with van der Waals surface area (Å²) in [6.45, 7) is 5.16. The Balaban J connectivity index is 2.13. The minimum atomic E-state index is 0.745. The van der Waals surface area contributed by atoms with E-state index in [9.17, 15) is 0 Å². The quantitative estimate of drug-likeness (QED) is 0.594. The first-order chi connectivity index (χ1) is 5.33. The van der Waals surface area contributed by atoms with Crippen molar-refractivity contribution in [3.8, 4) is 0 Å². The summed E-state index contributed by atoms with van der Waals surface area (Å²) in [7, 11) is 0. The summed E-state index contributed by atoms with van der Waals surface area (Å²) in [5.41, 5.74) is 3.13. The fraction of sp³-hybridized carbons (Fsp3) is 0.857. The molecule has 2 N–H and O–H groups in total. The molecule has 1 aliphatic rings. The molecule has 4 heteroatoms. The Bertz CT molecular complexity index is 132. The molecule has 1 heterocycles. The van der Waals surface area contributed by atoms with Gasteiger partial charge in [0, 0.05) is 19.6 Å². The molecule has 0 atom stereocenters. The van der Waals surface area contributed by atoms with Gasteiger partial charge in [-0.1, -0.05) is 0 Å². The number of nitrogens with zero attached hydrogens (tertiary/aromatic N) is 1. The van der Waals surface area contributed by atoms with Crippen LogP contribution in [-0.2, 0) is 0 Å². The third-order valence-corrected chi connectivity index (χ3v) is 1.94. The summed E-state index contributed by atoms with van der Waals surface area (Å²) < 4.78 is 0. The average Bonchev–Trinajstić information content (AvgIpc) is 2.40. The van der Waals surface area contributed by atoms with Gasteiger partial charge in [-0.25, -0.2) is 5.01 Å². The van der Waals surface area contributed by atoms with Crippen LogP contribution in [0.15, 0.2) is 0 Å². The third kappa shape index (κ3) is 3.03. The molecule has 1 rings (SSSR count). The van der Waals surface area contributed by atoms with Gasteiger partial charge in [-0.15, -0.1) is 0 Å². The molecule has 0 aromatic carbocycles. The first-order valence-corrected chi connectivity index (χ1v) is 4.53. The molecule has 0 aliphatic carbocycles. The number of hydrazine groups is 1. The molecule has 0 spiro atoms. The number of thiocarbonyl (C=S) groups is 1. The van der Waals surface area contributed by atoms with E-state index in [-0.39, 0.29) is 0 Å². The molecule has 1 fully saturated rings. The number of rotatable bonds is 2. The lowest BCUT2D eigenvalue weighted by Gasteiger charge is -2.18. The zero-order valence-corrected chi connectivity index (χ0v) is 7.71. The van der Waals surface area contributed by atoms with Crippen LogP contribution in [0.2, 0.25) is 0 Å². The average molecular weight is 173 g/mol. The maximum Gasteiger partial charge on any atom is 0.181 e. The van der Waals surface area contributed by atoms with Gasteiger partial charge in [0.05, 0.1) is 0 Å². The van der Waals surface area contributed by atoms with Crippen molar-refractivity contribution in [1.82, 2.24) is 15.8 Å². The summed E-state index contributed by atoms with van der Waals surface area (Å²) in [6.07, 6.45) is 2.56. The van der Waals surface area contributed by atoms with E-state index in [2.05, 4.69) is 15.8 Å². The van der Waals surface area contributed by atoms with Gasteiger partial charge < -0.3 is 5.32 Å². The number of nitrogens with one attached hydrogen (secondary N) is 2. The maximum absolute atomic E-state index is 5.03. The van der Waals surface area contributed by atoms with Gasteiger partial charge in [0.1, 0.15) is 0 Å². The third-order valence-electron chi connectivity index (χ3n) is 1.70. The molecule has 1 saturated heterocycles. The molecule has 11 heavy (non-hydrogen) atoms. The largest absolute Gasteiger partial charge is 0.362 e. The zero-order valence-electron chi connectivity index (χ0n) is 6.89. The molecule has 3 nitrogen and oxygen atoms in total. The van der Waals surface area contributed by atoms with Crippen LogP contribution < -0.4 is 10.7 Å². The Morgan fingerprint density at radius 1 is 1.45 bits per heavy atom. The number of hydrogen-bond acceptors (Lipinski definition) is 2. The lowest BCUT2D eigenvalue weighted by Crippen LogP contribution is -2.45. The van der Waals surface area contributed by atoms with Crippen molar-refractivity contribution >= 4 is 17.3 Å². The summed E-state index contributed by atoms with van der Waals surface area (Å²) in [5.74, 6) is 0. The molecule has 0 radical (unpaired) electrons. The molecular weight excluding hydrogens is 158 g/mol. The first kappa shape index (κ1) is 8.74. The van der Waals surface area contributed by atoms with Crippen molar-refractivity contribution in [3.05, 3.63) is 0 Å². The summed E-state index contributed by atoms with van der Waals surface area (Å²) >= 11 is 5.03. The van der Waals surface area contributed by atoms with Crippen LogP contribution in [0.4, 0.5) is 0 Å². The van der Waals surface area contributed by atoms with Gasteiger partial charge in [0.2, 0.25) is 0 Å². The normalized spacial score (nSPS) is 18.3. The molecule has 0 bridgehead atoms. The van der Waals surface area contributed by atoms with E-state index in [0.29, 0.717) is 0 Å². The van der Waals surface area contributed by atoms with Crippen LogP contribution in [0.25, 0.3) is 0 Å². The molecule has 0 unspecified atom stereocenters. The van der Waals surface area contributed by atoms with E-state index in [1.807, 2.05) is 6.92 Å². The van der Waals surface area contributed by atoms with Crippen molar-refractivity contribution in [3.63, 3.8) is 0 Å². The maximum atomic E-state index is 5.03. The summed E-state index contributed by atoms with van der Waals surface area (Å²) in [4.78, 5) is 0. The van der Waals surface area contributed by atoms with Crippen LogP contribution in [0, 0.1) is 0 Å². The molecule has 0 aromatic heterocycles. The van der Waals surface area contributed by atoms with E-state index >= 15 is 0 Å². The van der Waals surface area contributed by atoms with Crippen LogP contribution in [0.1, 0.15) is 19.8 Å². The summed E-state index contributed by atoms with van der Waals surface area (Å²) in [6, 6.07) is 0. The highest BCUT2D eigenvalue weighted by atomic mass is 32.1. The SMILES string of the molecule is CCNC(=S)NN1CCCC1. The lowest BCUT2D eigenvalue weighted by atomic mass is 10.4. The van der Waals surface area contributed by atoms with E-state index in [0.717, 1.165) is 24.7 Å². The molecule has 64 valence electrons. The Morgan fingerprint density at radius 3 is 2.64 bits per heavy atom. The molecular formula is C7H15N3S. The van der Waals surface area contributed by atoms with Gasteiger partial charge in [0.25, 0.3) is 0 Å². The van der Waals surface area contributed by atoms with Crippen LogP contribution >= 0.6 is 12.2 Å². The van der Waals surface area contributed by atoms with Crippen LogP contribution in [0.5, 0.6) is 0 Å². The highest BCUT2D eigenvalue weighted by Gasteiger charge is 2.11. The standard InChI is InChI=1S/C7H15N3S/c1-2-8-7(11)9-10-5-3-4-6-10/h2-6H2,1H3,(H2,8,9,11). The highest BCUT2D eigenvalue weighted by Crippen LogP contribution is 2.02. The summed E-state index contributed by atoms with van der Waals surface area (Å²) in [5, 5.41) is 5.95. The van der Waals surface area contributed by atoms with E-state index in [1.165, 1.54) is 12.8 Å². The predicted molar refractivity (Wildman–Crippen MR) is 50.2 cm³/mol. The van der Waals surface area contributed by atoms with E-state index < -0.39 is 0 Å². The minimum Gasteiger partial charge on any atom is -0.362 e. The second kappa shape index (κ2) is 4.51. The van der Waals surface area contributed by atoms with Gasteiger partial charge in [-0.2, -0.15) is 0 Å². The van der Waals surface area contributed by atoms with Crippen molar-refractivity contribution in [2.24, 2.45) is 0 Å². The Kier molecular flexibility index (Phi) is 3.59. The molecule has 0 aromatic rings. The smallest absolute Gasteiger partial charge is 0.181 e. The predicted octanol–water partition coefficient (Wildman–Crippen LogP) is 0.481. The van der Waals surface area contributed by atoms with Crippen molar-refractivity contribution < 1.29 is 0 Å². The van der Waals surface area contributed by atoms with Gasteiger partial charge in [-0.3, -0.25) is 5.43 Å². The van der Waals surface area contributed by atoms with E-state index in [4.69, 9.17) is 12.2 Å². The first-order valence-electron chi connectivity index (χ1n) is 4.12. The minimum absolute atomic E-state index is 0.745. The molecule has 1 aliphatic heterocycles. The highest BCUT2D eigenvalue weighted by molar-refractivity contribution is 7.80. The Labute approximate surface area is 73.1 Å². The van der Waals surface area contributed by atoms with Crippen molar-refractivity contribution in [1.29, 1.82) is 0 Å². The van der Waals surface area contributed by atoms with E-state index in [1.54, 1.807) is 0 Å². The Hall–Kier alpha value is -0.350. The lowest BCUT2D eigenvalue weighted by molar-refractivity contribution is 0.294. The van der Waals surface area contributed by atoms with Gasteiger partial charge >= 0.3 is 0 Å². The zero-order chi connectivity index (χ0) is 8.10. The van der Waals surface area contributed by atoms with Gasteiger partial charge in [0.15, 0.2) is 5.11 Å². The number of hydrogen-bond donors (Lipinski definition) is 2. The van der Waals surface area contributed by atoms with Crippen LogP contribution in [-0.4, -0.2) is 29.8 Å². The molecule has 0 amide bonds. The topological polar surface area (TPSA) is 27.3 Å². The second-order valence-corrected chi connectivity index (χ2v) is 3.07. The van der Waals surface area contributed by atoms with Crippen molar-refractivity contribution in [2.75, 3.05) is 19.6 Å². The second-order valence-electron chi connectivity index (χ2n) is 2.67. The monoisotopic (exact) mass is 173 g/mol. The fourth-order valence-electron chi connectivity index (χ4n) is 1.17. The van der Waals surface area contributed by atoms with Crippen molar-refractivity contribution in [2.45, 2.75) is 19.8 Å².